The molecule has 0 aromatic heterocycles. The largest absolute Gasteiger partial charge is 0.481 e. The number of rotatable bonds is 5. The summed E-state index contributed by atoms with van der Waals surface area (Å²) in [5.41, 5.74) is -0.0712. The second-order valence-corrected chi connectivity index (χ2v) is 3.86. The molecule has 0 saturated heterocycles. The average molecular weight is 286 g/mol. The fraction of sp³-hybridized carbons (Fsp3) is 0.250. The lowest BCUT2D eigenvalue weighted by Gasteiger charge is -2.07. The van der Waals surface area contributed by atoms with Crippen LogP contribution in [0, 0.1) is 11.6 Å². The lowest BCUT2D eigenvalue weighted by atomic mass is 10.2. The molecule has 20 heavy (non-hydrogen) atoms. The predicted octanol–water partition coefficient (Wildman–Crippen LogP) is 1.16. The summed E-state index contributed by atoms with van der Waals surface area (Å²) in [4.78, 5) is 32.6. The lowest BCUT2D eigenvalue weighted by Crippen LogP contribution is -2.39. The number of carboxylic acids is 1. The number of carbonyl (C=O) groups is 3. The smallest absolute Gasteiger partial charge is 0.321 e. The van der Waals surface area contributed by atoms with Gasteiger partial charge >= 0.3 is 12.0 Å². The Bertz CT molecular complexity index is 534. The minimum Gasteiger partial charge on any atom is -0.481 e. The van der Waals surface area contributed by atoms with Gasteiger partial charge in [-0.25, -0.2) is 13.6 Å². The van der Waals surface area contributed by atoms with Crippen molar-refractivity contribution in [3.8, 4) is 0 Å². The van der Waals surface area contributed by atoms with E-state index in [4.69, 9.17) is 5.11 Å². The summed E-state index contributed by atoms with van der Waals surface area (Å²) in [6, 6.07) is 1.86. The van der Waals surface area contributed by atoms with Crippen LogP contribution in [0.1, 0.15) is 18.4 Å². The first-order valence-electron chi connectivity index (χ1n) is 5.62. The van der Waals surface area contributed by atoms with Gasteiger partial charge in [0.1, 0.15) is 11.6 Å². The monoisotopic (exact) mass is 286 g/mol. The Morgan fingerprint density at radius 1 is 1.15 bits per heavy atom. The van der Waals surface area contributed by atoms with Gasteiger partial charge in [-0.15, -0.1) is 0 Å². The molecule has 0 fully saturated rings. The summed E-state index contributed by atoms with van der Waals surface area (Å²) in [6.07, 6.45) is -0.755. The van der Waals surface area contributed by atoms with Gasteiger partial charge in [-0.3, -0.25) is 14.9 Å². The summed E-state index contributed by atoms with van der Waals surface area (Å²) in [5, 5.41) is 12.4. The number of urea groups is 1. The molecule has 0 aliphatic rings. The molecule has 108 valence electrons. The molecule has 0 aliphatic carbocycles. The molecule has 1 aromatic carbocycles. The highest BCUT2D eigenvalue weighted by Gasteiger charge is 2.10. The van der Waals surface area contributed by atoms with Crippen LogP contribution in [0.3, 0.4) is 0 Å². The van der Waals surface area contributed by atoms with Crippen LogP contribution >= 0.6 is 0 Å². The number of carbonyl (C=O) groups excluding carboxylic acids is 2. The highest BCUT2D eigenvalue weighted by atomic mass is 19.1. The van der Waals surface area contributed by atoms with Gasteiger partial charge in [0.25, 0.3) is 0 Å². The van der Waals surface area contributed by atoms with E-state index < -0.39 is 36.0 Å². The van der Waals surface area contributed by atoms with Crippen molar-refractivity contribution in [2.45, 2.75) is 19.4 Å². The van der Waals surface area contributed by atoms with Crippen molar-refractivity contribution in [3.63, 3.8) is 0 Å². The van der Waals surface area contributed by atoms with Gasteiger partial charge < -0.3 is 10.4 Å². The molecule has 1 rings (SSSR count). The van der Waals surface area contributed by atoms with E-state index >= 15 is 0 Å². The van der Waals surface area contributed by atoms with Crippen LogP contribution in [-0.2, 0) is 16.1 Å². The molecule has 0 saturated carbocycles. The predicted molar refractivity (Wildman–Crippen MR) is 63.6 cm³/mol. The zero-order valence-corrected chi connectivity index (χ0v) is 10.3. The molecule has 1 aromatic rings. The molecule has 3 N–H and O–H groups in total. The zero-order valence-electron chi connectivity index (χ0n) is 10.3. The number of imide groups is 1. The Labute approximate surface area is 112 Å². The fourth-order valence-electron chi connectivity index (χ4n) is 1.31. The number of halogens is 2. The van der Waals surface area contributed by atoms with E-state index in [9.17, 15) is 23.2 Å². The summed E-state index contributed by atoms with van der Waals surface area (Å²) < 4.78 is 26.1. The number of aliphatic carboxylic acids is 1. The second kappa shape index (κ2) is 7.17. The molecule has 0 heterocycles. The first-order chi connectivity index (χ1) is 9.38. The third-order valence-corrected chi connectivity index (χ3v) is 2.27. The van der Waals surface area contributed by atoms with Crippen molar-refractivity contribution in [2.75, 3.05) is 0 Å². The number of carboxylic acid groups (broad SMARTS) is 1. The molecule has 0 atom stereocenters. The van der Waals surface area contributed by atoms with Gasteiger partial charge in [0.05, 0.1) is 6.42 Å². The van der Waals surface area contributed by atoms with E-state index in [0.717, 1.165) is 18.2 Å². The van der Waals surface area contributed by atoms with Crippen molar-refractivity contribution in [2.24, 2.45) is 0 Å². The van der Waals surface area contributed by atoms with Crippen LogP contribution in [0.2, 0.25) is 0 Å². The SMILES string of the molecule is O=C(O)CCC(=O)NC(=O)NCc1cc(F)ccc1F. The highest BCUT2D eigenvalue weighted by molar-refractivity contribution is 5.95. The van der Waals surface area contributed by atoms with Crippen molar-refractivity contribution in [1.29, 1.82) is 0 Å². The van der Waals surface area contributed by atoms with Gasteiger partial charge in [0.2, 0.25) is 5.91 Å². The Balaban J connectivity index is 2.41. The van der Waals surface area contributed by atoms with E-state index in [2.05, 4.69) is 5.32 Å². The first-order valence-corrected chi connectivity index (χ1v) is 5.62. The Morgan fingerprint density at radius 3 is 2.50 bits per heavy atom. The number of hydrogen-bond acceptors (Lipinski definition) is 3. The Hall–Kier alpha value is -2.51. The third kappa shape index (κ3) is 5.42. The molecule has 6 nitrogen and oxygen atoms in total. The summed E-state index contributed by atoms with van der Waals surface area (Å²) in [7, 11) is 0. The molecular weight excluding hydrogens is 274 g/mol. The van der Waals surface area contributed by atoms with E-state index in [1.807, 2.05) is 5.32 Å². The summed E-state index contributed by atoms with van der Waals surface area (Å²) >= 11 is 0. The van der Waals surface area contributed by atoms with Crippen molar-refractivity contribution < 1.29 is 28.3 Å². The number of benzene rings is 1. The second-order valence-electron chi connectivity index (χ2n) is 3.86. The standard InChI is InChI=1S/C12H12F2N2O4/c13-8-1-2-9(14)7(5-8)6-15-12(20)16-10(17)3-4-11(18)19/h1-2,5H,3-4,6H2,(H,18,19)(H2,15,16,17,20). The minimum atomic E-state index is -1.16. The summed E-state index contributed by atoms with van der Waals surface area (Å²) in [6.45, 7) is -0.304. The van der Waals surface area contributed by atoms with Crippen LogP contribution in [0.15, 0.2) is 18.2 Å². The quantitative estimate of drug-likeness (QED) is 0.756. The van der Waals surface area contributed by atoms with E-state index in [1.54, 1.807) is 0 Å². The van der Waals surface area contributed by atoms with E-state index in [0.29, 0.717) is 0 Å². The van der Waals surface area contributed by atoms with Gasteiger partial charge in [-0.1, -0.05) is 0 Å². The molecule has 0 radical (unpaired) electrons. The first kappa shape index (κ1) is 15.5. The van der Waals surface area contributed by atoms with Gasteiger partial charge in [0.15, 0.2) is 0 Å². The molecular formula is C12H12F2N2O4. The number of hydrogen-bond donors (Lipinski definition) is 3. The van der Waals surface area contributed by atoms with Crippen LogP contribution in [0.4, 0.5) is 13.6 Å². The minimum absolute atomic E-state index is 0.0712. The normalized spacial score (nSPS) is 9.90. The van der Waals surface area contributed by atoms with Crippen LogP contribution < -0.4 is 10.6 Å². The van der Waals surface area contributed by atoms with Crippen molar-refractivity contribution in [1.82, 2.24) is 10.6 Å². The Kier molecular flexibility index (Phi) is 5.57. The van der Waals surface area contributed by atoms with Crippen molar-refractivity contribution in [3.05, 3.63) is 35.4 Å². The van der Waals surface area contributed by atoms with E-state index in [-0.39, 0.29) is 18.5 Å². The molecule has 3 amide bonds. The van der Waals surface area contributed by atoms with Crippen LogP contribution in [0.5, 0.6) is 0 Å². The van der Waals surface area contributed by atoms with Gasteiger partial charge in [-0.2, -0.15) is 0 Å². The van der Waals surface area contributed by atoms with Crippen molar-refractivity contribution >= 4 is 17.9 Å². The topological polar surface area (TPSA) is 95.5 Å². The molecule has 0 aliphatic heterocycles. The zero-order chi connectivity index (χ0) is 15.1. The number of amides is 3. The maximum Gasteiger partial charge on any atom is 0.321 e. The highest BCUT2D eigenvalue weighted by Crippen LogP contribution is 2.08. The molecule has 0 spiro atoms. The lowest BCUT2D eigenvalue weighted by molar-refractivity contribution is -0.138. The van der Waals surface area contributed by atoms with Gasteiger partial charge in [-0.05, 0) is 18.2 Å². The summed E-state index contributed by atoms with van der Waals surface area (Å²) in [5.74, 6) is -3.28. The fourth-order valence-corrected chi connectivity index (χ4v) is 1.31. The van der Waals surface area contributed by atoms with Gasteiger partial charge in [0, 0.05) is 18.5 Å². The maximum atomic E-state index is 13.2. The molecule has 0 unspecified atom stereocenters. The molecule has 8 heteroatoms. The van der Waals surface area contributed by atoms with E-state index in [1.165, 1.54) is 0 Å². The van der Waals surface area contributed by atoms with Crippen LogP contribution in [0.25, 0.3) is 0 Å². The number of nitrogens with one attached hydrogen (secondary N) is 2. The third-order valence-electron chi connectivity index (χ3n) is 2.27. The van der Waals surface area contributed by atoms with Crippen LogP contribution in [-0.4, -0.2) is 23.0 Å². The molecule has 0 bridgehead atoms. The maximum absolute atomic E-state index is 13.2. The average Bonchev–Trinajstić information content (AvgIpc) is 2.37. The Morgan fingerprint density at radius 2 is 1.85 bits per heavy atom.